The van der Waals surface area contributed by atoms with Gasteiger partial charge in [-0.25, -0.2) is 4.79 Å². The summed E-state index contributed by atoms with van der Waals surface area (Å²) >= 11 is 0. The zero-order chi connectivity index (χ0) is 20.4. The van der Waals surface area contributed by atoms with E-state index in [1.807, 2.05) is 43.3 Å². The van der Waals surface area contributed by atoms with Gasteiger partial charge in [-0.3, -0.25) is 4.79 Å². The van der Waals surface area contributed by atoms with Crippen molar-refractivity contribution in [2.75, 3.05) is 18.6 Å². The van der Waals surface area contributed by atoms with Gasteiger partial charge in [-0.15, -0.1) is 0 Å². The van der Waals surface area contributed by atoms with Gasteiger partial charge in [0.2, 0.25) is 5.91 Å². The van der Waals surface area contributed by atoms with E-state index in [0.717, 1.165) is 27.8 Å². The summed E-state index contributed by atoms with van der Waals surface area (Å²) in [6.07, 6.45) is 0.277. The minimum Gasteiger partial charge on any atom is -0.497 e. The molecule has 7 heteroatoms. The highest BCUT2D eigenvalue weighted by Gasteiger charge is 2.31. The molecular formula is C22H24N4O3. The predicted molar refractivity (Wildman–Crippen MR) is 112 cm³/mol. The van der Waals surface area contributed by atoms with Gasteiger partial charge in [0, 0.05) is 42.5 Å². The lowest BCUT2D eigenvalue weighted by Gasteiger charge is -2.18. The Morgan fingerprint density at radius 3 is 2.93 bits per heavy atom. The van der Waals surface area contributed by atoms with Crippen molar-refractivity contribution in [2.24, 2.45) is 0 Å². The molecule has 2 heterocycles. The number of aryl methyl sites for hydroxylation is 1. The van der Waals surface area contributed by atoms with Crippen LogP contribution in [0, 0.1) is 6.92 Å². The van der Waals surface area contributed by atoms with Gasteiger partial charge in [-0.05, 0) is 48.2 Å². The zero-order valence-corrected chi connectivity index (χ0v) is 16.5. The molecule has 1 atom stereocenters. The van der Waals surface area contributed by atoms with E-state index in [2.05, 4.69) is 27.8 Å². The first-order chi connectivity index (χ1) is 14.0. The minimum absolute atomic E-state index is 0.0168. The van der Waals surface area contributed by atoms with Crippen LogP contribution in [-0.2, 0) is 11.3 Å². The van der Waals surface area contributed by atoms with E-state index >= 15 is 0 Å². The molecule has 7 nitrogen and oxygen atoms in total. The predicted octanol–water partition coefficient (Wildman–Crippen LogP) is 3.09. The highest BCUT2D eigenvalue weighted by Crippen LogP contribution is 2.25. The number of carbonyl (C=O) groups excluding carboxylic acids is 2. The van der Waals surface area contributed by atoms with Crippen LogP contribution in [0.5, 0.6) is 5.75 Å². The maximum atomic E-state index is 12.4. The number of hydrogen-bond donors (Lipinski definition) is 3. The van der Waals surface area contributed by atoms with Crippen LogP contribution in [0.15, 0.2) is 48.5 Å². The van der Waals surface area contributed by atoms with Crippen LogP contribution in [0.25, 0.3) is 10.9 Å². The largest absolute Gasteiger partial charge is 0.497 e. The van der Waals surface area contributed by atoms with Crippen LogP contribution in [0.2, 0.25) is 0 Å². The molecule has 4 rings (SSSR count). The maximum Gasteiger partial charge on any atom is 0.315 e. The Morgan fingerprint density at radius 1 is 1.24 bits per heavy atom. The molecule has 2 aromatic carbocycles. The SMILES string of the molecule is COc1cccc(N2C[C@H](NC(=O)NCc3ccc4[nH]c(C)cc4c3)CC2=O)c1. The van der Waals surface area contributed by atoms with Crippen LogP contribution >= 0.6 is 0 Å². The number of fused-ring (bicyclic) bond motifs is 1. The van der Waals surface area contributed by atoms with Crippen LogP contribution < -0.4 is 20.3 Å². The van der Waals surface area contributed by atoms with Gasteiger partial charge in [-0.2, -0.15) is 0 Å². The molecule has 0 unspecified atom stereocenters. The first-order valence-electron chi connectivity index (χ1n) is 9.59. The lowest BCUT2D eigenvalue weighted by Crippen LogP contribution is -2.43. The number of benzene rings is 2. The summed E-state index contributed by atoms with van der Waals surface area (Å²) in [4.78, 5) is 29.7. The van der Waals surface area contributed by atoms with Gasteiger partial charge in [0.1, 0.15) is 5.75 Å². The molecule has 1 aliphatic rings. The van der Waals surface area contributed by atoms with Crippen molar-refractivity contribution in [3.8, 4) is 5.75 Å². The van der Waals surface area contributed by atoms with Gasteiger partial charge in [0.05, 0.1) is 13.2 Å². The number of anilines is 1. The monoisotopic (exact) mass is 392 g/mol. The third-order valence-corrected chi connectivity index (χ3v) is 5.10. The fourth-order valence-electron chi connectivity index (χ4n) is 3.69. The lowest BCUT2D eigenvalue weighted by molar-refractivity contribution is -0.117. The highest BCUT2D eigenvalue weighted by atomic mass is 16.5. The van der Waals surface area contributed by atoms with Crippen LogP contribution in [0.4, 0.5) is 10.5 Å². The summed E-state index contributed by atoms with van der Waals surface area (Å²) in [5.41, 5.74) is 3.98. The molecule has 3 N–H and O–H groups in total. The number of amides is 3. The molecule has 1 aliphatic heterocycles. The molecule has 0 bridgehead atoms. The highest BCUT2D eigenvalue weighted by molar-refractivity contribution is 5.97. The molecule has 29 heavy (non-hydrogen) atoms. The number of nitrogens with one attached hydrogen (secondary N) is 3. The van der Waals surface area contributed by atoms with E-state index in [1.54, 1.807) is 12.0 Å². The van der Waals surface area contributed by atoms with Gasteiger partial charge < -0.3 is 25.3 Å². The number of urea groups is 1. The van der Waals surface area contributed by atoms with Crippen molar-refractivity contribution in [3.05, 3.63) is 59.8 Å². The van der Waals surface area contributed by atoms with E-state index in [-0.39, 0.29) is 24.4 Å². The van der Waals surface area contributed by atoms with Crippen molar-refractivity contribution < 1.29 is 14.3 Å². The number of nitrogens with zero attached hydrogens (tertiary/aromatic N) is 1. The normalized spacial score (nSPS) is 16.3. The molecule has 1 saturated heterocycles. The number of carbonyl (C=O) groups is 2. The summed E-state index contributed by atoms with van der Waals surface area (Å²) in [5, 5.41) is 6.90. The lowest BCUT2D eigenvalue weighted by atomic mass is 10.1. The average molecular weight is 392 g/mol. The molecule has 0 radical (unpaired) electrons. The molecule has 3 amide bonds. The summed E-state index contributed by atoms with van der Waals surface area (Å²) in [7, 11) is 1.59. The maximum absolute atomic E-state index is 12.4. The van der Waals surface area contributed by atoms with Crippen molar-refractivity contribution in [2.45, 2.75) is 25.9 Å². The van der Waals surface area contributed by atoms with Crippen LogP contribution in [0.3, 0.4) is 0 Å². The number of methoxy groups -OCH3 is 1. The second kappa shape index (κ2) is 7.87. The van der Waals surface area contributed by atoms with E-state index in [9.17, 15) is 9.59 Å². The first kappa shape index (κ1) is 18.9. The van der Waals surface area contributed by atoms with E-state index in [4.69, 9.17) is 4.74 Å². The van der Waals surface area contributed by atoms with Crippen LogP contribution in [-0.4, -0.2) is 36.6 Å². The van der Waals surface area contributed by atoms with E-state index in [1.165, 1.54) is 0 Å². The summed E-state index contributed by atoms with van der Waals surface area (Å²) in [6.45, 7) is 2.88. The quantitative estimate of drug-likeness (QED) is 0.624. The Balaban J connectivity index is 1.33. The Kier molecular flexibility index (Phi) is 5.12. The summed E-state index contributed by atoms with van der Waals surface area (Å²) in [6, 6.07) is 15.0. The van der Waals surface area contributed by atoms with E-state index < -0.39 is 0 Å². The number of ether oxygens (including phenoxy) is 1. The zero-order valence-electron chi connectivity index (χ0n) is 16.5. The Hall–Kier alpha value is -3.48. The summed E-state index contributed by atoms with van der Waals surface area (Å²) in [5.74, 6) is 0.677. The van der Waals surface area contributed by atoms with Crippen molar-refractivity contribution in [1.82, 2.24) is 15.6 Å². The van der Waals surface area contributed by atoms with Crippen molar-refractivity contribution in [1.29, 1.82) is 0 Å². The molecule has 3 aromatic rings. The van der Waals surface area contributed by atoms with Gasteiger partial charge >= 0.3 is 6.03 Å². The third kappa shape index (κ3) is 4.18. The fourth-order valence-corrected chi connectivity index (χ4v) is 3.69. The molecular weight excluding hydrogens is 368 g/mol. The Labute approximate surface area is 169 Å². The Bertz CT molecular complexity index is 1060. The molecule has 0 saturated carbocycles. The van der Waals surface area contributed by atoms with Gasteiger partial charge in [0.15, 0.2) is 0 Å². The molecule has 1 fully saturated rings. The molecule has 0 aliphatic carbocycles. The summed E-state index contributed by atoms with van der Waals surface area (Å²) < 4.78 is 5.22. The standard InChI is InChI=1S/C22H24N4O3/c1-14-8-16-9-15(6-7-20(16)24-14)12-23-22(28)25-17-10-21(27)26(13-17)18-4-3-5-19(11-18)29-2/h3-9,11,17,24H,10,12-13H2,1-2H3,(H2,23,25,28)/t17-/m1/s1. The number of rotatable bonds is 5. The molecule has 1 aromatic heterocycles. The number of H-pyrrole nitrogens is 1. The Morgan fingerprint density at radius 2 is 2.10 bits per heavy atom. The number of hydrogen-bond acceptors (Lipinski definition) is 3. The second-order valence-corrected chi connectivity index (χ2v) is 7.31. The topological polar surface area (TPSA) is 86.5 Å². The van der Waals surface area contributed by atoms with E-state index in [0.29, 0.717) is 18.8 Å². The van der Waals surface area contributed by atoms with Crippen molar-refractivity contribution >= 4 is 28.5 Å². The van der Waals surface area contributed by atoms with Crippen molar-refractivity contribution in [3.63, 3.8) is 0 Å². The average Bonchev–Trinajstić information content (AvgIpc) is 3.27. The smallest absolute Gasteiger partial charge is 0.315 e. The van der Waals surface area contributed by atoms with Gasteiger partial charge in [-0.1, -0.05) is 12.1 Å². The second-order valence-electron chi connectivity index (χ2n) is 7.31. The first-order valence-corrected chi connectivity index (χ1v) is 9.59. The third-order valence-electron chi connectivity index (χ3n) is 5.10. The van der Waals surface area contributed by atoms with Gasteiger partial charge in [0.25, 0.3) is 0 Å². The molecule has 0 spiro atoms. The number of aromatic amines is 1. The number of aromatic nitrogens is 1. The molecule has 150 valence electrons. The minimum atomic E-state index is -0.277. The fraction of sp³-hybridized carbons (Fsp3) is 0.273. The van der Waals surface area contributed by atoms with Crippen LogP contribution in [0.1, 0.15) is 17.7 Å².